The molecule has 0 amide bonds. The highest BCUT2D eigenvalue weighted by Gasteiger charge is 2.29. The van der Waals surface area contributed by atoms with E-state index >= 15 is 0 Å². The van der Waals surface area contributed by atoms with Crippen LogP contribution in [0, 0.1) is 0 Å². The van der Waals surface area contributed by atoms with Crippen LogP contribution in [0.4, 0.5) is 0 Å². The minimum absolute atomic E-state index is 0.0779. The molecule has 5 unspecified atom stereocenters. The maximum atomic E-state index is 12.9. The number of phosphoric ester groups is 2. The zero-order valence-electron chi connectivity index (χ0n) is 53.4. The maximum absolute atomic E-state index is 12.9. The topological polar surface area (TPSA) is 231 Å². The fraction of sp³-hybridized carbons (Fsp3) is 0.638. The third-order valence-electron chi connectivity index (χ3n) is 12.8. The Morgan fingerprint density at radius 2 is 0.621 bits per heavy atom. The van der Waals surface area contributed by atoms with Gasteiger partial charge in [0.2, 0.25) is 0 Å². The molecule has 0 spiro atoms. The van der Waals surface area contributed by atoms with Gasteiger partial charge in [-0.3, -0.25) is 32.5 Å². The molecule has 0 aromatic rings. The fourth-order valence-electron chi connectivity index (χ4n) is 7.92. The summed E-state index contributed by atoms with van der Waals surface area (Å²) in [6.45, 7) is 2.29. The molecule has 0 bridgehead atoms. The molecular weight excluding hydrogens is 1150 g/mol. The summed E-state index contributed by atoms with van der Waals surface area (Å²) in [6, 6.07) is 0. The second-order valence-electron chi connectivity index (χ2n) is 21.1. The van der Waals surface area contributed by atoms with Gasteiger partial charge in [0.05, 0.1) is 26.4 Å². The van der Waals surface area contributed by atoms with Crippen molar-refractivity contribution in [1.29, 1.82) is 0 Å². The summed E-state index contributed by atoms with van der Waals surface area (Å²) in [5, 5.41) is 20.5. The second-order valence-corrected chi connectivity index (χ2v) is 24.1. The van der Waals surface area contributed by atoms with Crippen LogP contribution in [0.3, 0.4) is 0 Å². The summed E-state index contributed by atoms with van der Waals surface area (Å²) < 4.78 is 60.7. The lowest BCUT2D eigenvalue weighted by Gasteiger charge is -2.21. The molecule has 496 valence electrons. The van der Waals surface area contributed by atoms with Crippen molar-refractivity contribution in [1.82, 2.24) is 0 Å². The van der Waals surface area contributed by atoms with Gasteiger partial charge in [0.1, 0.15) is 25.4 Å². The van der Waals surface area contributed by atoms with E-state index < -0.39 is 91.5 Å². The Balaban J connectivity index is 4.78. The van der Waals surface area contributed by atoms with Gasteiger partial charge in [-0.05, 0) is 128 Å². The van der Waals surface area contributed by atoms with E-state index in [0.29, 0.717) is 25.7 Å². The Morgan fingerprint density at radius 3 is 1.03 bits per heavy atom. The molecule has 0 radical (unpaired) electrons. The van der Waals surface area contributed by atoms with Crippen LogP contribution in [0.5, 0.6) is 0 Å². The molecule has 0 aliphatic rings. The van der Waals surface area contributed by atoms with Gasteiger partial charge in [-0.25, -0.2) is 9.13 Å². The molecule has 4 N–H and O–H groups in total. The number of carbonyl (C=O) groups excluding carboxylic acids is 3. The van der Waals surface area contributed by atoms with E-state index in [-0.39, 0.29) is 19.3 Å². The highest BCUT2D eigenvalue weighted by atomic mass is 31.2. The third kappa shape index (κ3) is 63.1. The number of ether oxygens (including phenoxy) is 3. The van der Waals surface area contributed by atoms with Crippen molar-refractivity contribution in [2.45, 2.75) is 245 Å². The second kappa shape index (κ2) is 61.9. The molecule has 5 atom stereocenters. The number of phosphoric acid groups is 2. The SMILES string of the molecule is CC/C=C\C/C=C\C/C=C\C/C=C\C/C=C\CCCCCC(=O)OCC(O)COP(=O)(O)OCC(O)COP(=O)(O)OCC(COC(=O)CCC/C=C\C/C=C\C/C=C\C/C=C\C/C=C\CC)OC(=O)CCCCCCC/C=C\CCCCCCCC. The standard InChI is InChI=1S/C69H114O16P2/c1-4-7-10-13-16-19-22-25-28-30-31-33-36-37-40-43-46-49-52-55-67(72)79-58-64(70)59-81-86(75,76)82-60-65(71)61-83-87(77,78)84-63-66(85-69(74)57-54-51-48-45-42-39-34-27-24-21-18-15-12-9-6-3)62-80-68(73)56-53-50-47-44-41-38-35-32-29-26-23-20-17-14-11-8-5-2/h7-8,10-11,16-17,19-20,25-29,31,33-35,37-38,40,44,47,64-66,70-71H,4-6,9,12-15,18,21-24,30,32,36,39,41-43,45-46,48-63H2,1-3H3,(H,75,76)(H,77,78)/b10-7-,11-8-,19-16-,20-17-,28-25-,29-26-,33-31-,34-27-,38-35-,40-37-,47-44-. The normalized spacial score (nSPS) is 15.2. The molecule has 0 aliphatic heterocycles. The van der Waals surface area contributed by atoms with Crippen LogP contribution < -0.4 is 0 Å². The van der Waals surface area contributed by atoms with Gasteiger partial charge >= 0.3 is 33.6 Å². The lowest BCUT2D eigenvalue weighted by Crippen LogP contribution is -2.30. The molecular formula is C69H114O16P2. The molecule has 0 aromatic heterocycles. The minimum Gasteiger partial charge on any atom is -0.463 e. The van der Waals surface area contributed by atoms with Crippen LogP contribution in [0.25, 0.3) is 0 Å². The van der Waals surface area contributed by atoms with Crippen molar-refractivity contribution in [2.24, 2.45) is 0 Å². The van der Waals surface area contributed by atoms with Crippen LogP contribution in [-0.4, -0.2) is 95.9 Å². The van der Waals surface area contributed by atoms with E-state index in [2.05, 4.69) is 142 Å². The highest BCUT2D eigenvalue weighted by molar-refractivity contribution is 7.47. The molecule has 0 saturated heterocycles. The van der Waals surface area contributed by atoms with Crippen molar-refractivity contribution in [3.63, 3.8) is 0 Å². The Labute approximate surface area is 525 Å². The molecule has 16 nitrogen and oxygen atoms in total. The number of esters is 3. The van der Waals surface area contributed by atoms with Gasteiger partial charge < -0.3 is 34.2 Å². The van der Waals surface area contributed by atoms with Gasteiger partial charge in [-0.15, -0.1) is 0 Å². The molecule has 0 rings (SSSR count). The van der Waals surface area contributed by atoms with Gasteiger partial charge in [0.25, 0.3) is 0 Å². The van der Waals surface area contributed by atoms with E-state index in [0.717, 1.165) is 122 Å². The molecule has 0 saturated carbocycles. The number of hydrogen-bond donors (Lipinski definition) is 4. The van der Waals surface area contributed by atoms with Gasteiger partial charge in [0, 0.05) is 19.3 Å². The molecule has 0 heterocycles. The van der Waals surface area contributed by atoms with E-state index in [1.165, 1.54) is 38.5 Å². The van der Waals surface area contributed by atoms with Crippen LogP contribution >= 0.6 is 15.6 Å². The van der Waals surface area contributed by atoms with Gasteiger partial charge in [-0.2, -0.15) is 0 Å². The van der Waals surface area contributed by atoms with Gasteiger partial charge in [0.15, 0.2) is 6.10 Å². The van der Waals surface area contributed by atoms with E-state index in [1.54, 1.807) is 0 Å². The van der Waals surface area contributed by atoms with E-state index in [1.807, 2.05) is 12.2 Å². The fourth-order valence-corrected chi connectivity index (χ4v) is 9.50. The summed E-state index contributed by atoms with van der Waals surface area (Å²) in [5.41, 5.74) is 0. The van der Waals surface area contributed by atoms with Gasteiger partial charge in [-0.1, -0.05) is 212 Å². The van der Waals surface area contributed by atoms with Crippen LogP contribution in [0.2, 0.25) is 0 Å². The Morgan fingerprint density at radius 1 is 0.333 bits per heavy atom. The maximum Gasteiger partial charge on any atom is 0.472 e. The zero-order chi connectivity index (χ0) is 63.8. The molecule has 0 aromatic carbocycles. The monoisotopic (exact) mass is 1260 g/mol. The number of unbranched alkanes of at least 4 members (excludes halogenated alkanes) is 15. The molecule has 18 heteroatoms. The van der Waals surface area contributed by atoms with Crippen molar-refractivity contribution < 1.29 is 75.8 Å². The average molecular weight is 1260 g/mol. The highest BCUT2D eigenvalue weighted by Crippen LogP contribution is 2.45. The zero-order valence-corrected chi connectivity index (χ0v) is 55.2. The smallest absolute Gasteiger partial charge is 0.463 e. The number of allylic oxidation sites excluding steroid dienone is 22. The first-order chi connectivity index (χ1) is 42.2. The van der Waals surface area contributed by atoms with Crippen LogP contribution in [-0.2, 0) is 55.8 Å². The van der Waals surface area contributed by atoms with E-state index in [9.17, 15) is 43.5 Å². The minimum atomic E-state index is -4.94. The number of aliphatic hydroxyl groups excluding tert-OH is 2. The summed E-state index contributed by atoms with van der Waals surface area (Å²) in [5.74, 6) is -1.69. The Hall–Kier alpha value is -4.31. The lowest BCUT2D eigenvalue weighted by atomic mass is 10.1. The van der Waals surface area contributed by atoms with Crippen molar-refractivity contribution in [3.05, 3.63) is 134 Å². The lowest BCUT2D eigenvalue weighted by molar-refractivity contribution is -0.161. The quantitative estimate of drug-likeness (QED) is 0.0146. The number of rotatable bonds is 60. The first-order valence-electron chi connectivity index (χ1n) is 32.5. The first kappa shape index (κ1) is 82.7. The van der Waals surface area contributed by atoms with Crippen LogP contribution in [0.15, 0.2) is 134 Å². The van der Waals surface area contributed by atoms with Crippen molar-refractivity contribution in [2.75, 3.05) is 39.6 Å². The predicted octanol–water partition coefficient (Wildman–Crippen LogP) is 17.6. The largest absolute Gasteiger partial charge is 0.472 e. The van der Waals surface area contributed by atoms with Crippen molar-refractivity contribution >= 4 is 33.6 Å². The molecule has 87 heavy (non-hydrogen) atoms. The summed E-state index contributed by atoms with van der Waals surface area (Å²) >= 11 is 0. The van der Waals surface area contributed by atoms with Crippen LogP contribution in [0.1, 0.15) is 226 Å². The average Bonchev–Trinajstić information content (AvgIpc) is 3.68. The summed E-state index contributed by atoms with van der Waals surface area (Å²) in [6.07, 6.45) is 70.9. The first-order valence-corrected chi connectivity index (χ1v) is 35.5. The molecule has 0 fully saturated rings. The third-order valence-corrected chi connectivity index (χ3v) is 14.7. The van der Waals surface area contributed by atoms with Crippen molar-refractivity contribution in [3.8, 4) is 0 Å². The number of hydrogen-bond acceptors (Lipinski definition) is 14. The Bertz CT molecular complexity index is 2120. The summed E-state index contributed by atoms with van der Waals surface area (Å²) in [4.78, 5) is 58.2. The number of carbonyl (C=O) groups is 3. The molecule has 0 aliphatic carbocycles. The predicted molar refractivity (Wildman–Crippen MR) is 353 cm³/mol. The Kier molecular flexibility index (Phi) is 58.8. The van der Waals surface area contributed by atoms with E-state index in [4.69, 9.17) is 32.3 Å². The summed E-state index contributed by atoms with van der Waals surface area (Å²) in [7, 11) is -9.81. The number of aliphatic hydroxyl groups is 2.